The molecule has 116 valence electrons. The number of carbonyl (C=O) groups excluding carboxylic acids is 1. The van der Waals surface area contributed by atoms with Crippen molar-refractivity contribution >= 4 is 22.9 Å². The van der Waals surface area contributed by atoms with Crippen LogP contribution in [0.25, 0.3) is 11.2 Å². The highest BCUT2D eigenvalue weighted by molar-refractivity contribution is 5.98. The second-order valence-electron chi connectivity index (χ2n) is 5.22. The second kappa shape index (κ2) is 4.93. The van der Waals surface area contributed by atoms with Gasteiger partial charge in [-0.2, -0.15) is 0 Å². The number of nitrogens with zero attached hydrogens (tertiary/aromatic N) is 6. The van der Waals surface area contributed by atoms with E-state index in [-0.39, 0.29) is 23.6 Å². The highest BCUT2D eigenvalue weighted by Gasteiger charge is 2.22. The summed E-state index contributed by atoms with van der Waals surface area (Å²) in [5, 5.41) is 0. The molecule has 0 spiro atoms. The lowest BCUT2D eigenvalue weighted by molar-refractivity contribution is -0.127. The molecule has 3 heterocycles. The van der Waals surface area contributed by atoms with Crippen LogP contribution in [0.2, 0.25) is 0 Å². The number of rotatable bonds is 2. The Bertz CT molecular complexity index is 916. The number of fused-ring (bicyclic) bond motifs is 1. The van der Waals surface area contributed by atoms with Crippen LogP contribution in [0.1, 0.15) is 6.92 Å². The number of aryl methyl sites for hydroxylation is 1. The number of aromatic nitrogens is 4. The zero-order valence-corrected chi connectivity index (χ0v) is 12.6. The van der Waals surface area contributed by atoms with Crippen LogP contribution in [-0.4, -0.2) is 48.4 Å². The van der Waals surface area contributed by atoms with Crippen molar-refractivity contribution in [3.05, 3.63) is 27.2 Å². The Morgan fingerprint density at radius 2 is 2.00 bits per heavy atom. The Morgan fingerprint density at radius 1 is 1.27 bits per heavy atom. The van der Waals surface area contributed by atoms with Crippen molar-refractivity contribution in [3.63, 3.8) is 0 Å². The first-order valence-electron chi connectivity index (χ1n) is 6.84. The van der Waals surface area contributed by atoms with Gasteiger partial charge in [0.05, 0.1) is 12.9 Å². The van der Waals surface area contributed by atoms with Crippen LogP contribution in [0.4, 0.5) is 0 Å². The second-order valence-corrected chi connectivity index (χ2v) is 5.22. The van der Waals surface area contributed by atoms with E-state index >= 15 is 0 Å². The molecule has 22 heavy (non-hydrogen) atoms. The maximum Gasteiger partial charge on any atom is 0.332 e. The van der Waals surface area contributed by atoms with Crippen LogP contribution in [-0.2, 0) is 25.4 Å². The van der Waals surface area contributed by atoms with Gasteiger partial charge in [-0.1, -0.05) is 0 Å². The summed E-state index contributed by atoms with van der Waals surface area (Å²) in [6.07, 6.45) is 1.41. The van der Waals surface area contributed by atoms with E-state index in [1.165, 1.54) is 22.5 Å². The third kappa shape index (κ3) is 1.97. The minimum Gasteiger partial charge on any atom is -0.315 e. The molecule has 2 aromatic rings. The summed E-state index contributed by atoms with van der Waals surface area (Å²) >= 11 is 0. The summed E-state index contributed by atoms with van der Waals surface area (Å²) < 4.78 is 3.78. The van der Waals surface area contributed by atoms with Gasteiger partial charge < -0.3 is 4.57 Å². The van der Waals surface area contributed by atoms with Gasteiger partial charge in [0.15, 0.2) is 11.2 Å². The molecule has 0 N–H and O–H groups in total. The Hall–Kier alpha value is -2.71. The molecule has 0 saturated heterocycles. The highest BCUT2D eigenvalue weighted by Crippen LogP contribution is 2.08. The van der Waals surface area contributed by atoms with Crippen LogP contribution >= 0.6 is 0 Å². The quantitative estimate of drug-likeness (QED) is 0.688. The highest BCUT2D eigenvalue weighted by atomic mass is 16.2. The predicted molar refractivity (Wildman–Crippen MR) is 79.9 cm³/mol. The fourth-order valence-electron chi connectivity index (χ4n) is 2.61. The molecular formula is C13H16N6O3. The van der Waals surface area contributed by atoms with Gasteiger partial charge in [-0.05, 0) is 6.92 Å². The third-order valence-corrected chi connectivity index (χ3v) is 3.88. The number of carbonyl (C=O) groups is 1. The maximum absolute atomic E-state index is 12.3. The van der Waals surface area contributed by atoms with Crippen molar-refractivity contribution in [1.29, 1.82) is 0 Å². The van der Waals surface area contributed by atoms with E-state index in [4.69, 9.17) is 0 Å². The topological polar surface area (TPSA) is 94.5 Å². The minimum atomic E-state index is -0.463. The Morgan fingerprint density at radius 3 is 2.64 bits per heavy atom. The van der Waals surface area contributed by atoms with Crippen LogP contribution in [0, 0.1) is 0 Å². The summed E-state index contributed by atoms with van der Waals surface area (Å²) in [7, 11) is 2.95. The molecule has 0 atom stereocenters. The average Bonchev–Trinajstić information content (AvgIpc) is 3.09. The Balaban J connectivity index is 2.06. The number of hydrogen-bond acceptors (Lipinski definition) is 5. The van der Waals surface area contributed by atoms with Crippen LogP contribution in [0.3, 0.4) is 0 Å². The predicted octanol–water partition coefficient (Wildman–Crippen LogP) is -1.31. The van der Waals surface area contributed by atoms with E-state index in [0.717, 1.165) is 4.57 Å². The number of hydrogen-bond donors (Lipinski definition) is 0. The zero-order valence-electron chi connectivity index (χ0n) is 12.6. The maximum atomic E-state index is 12.3. The molecular weight excluding hydrogens is 288 g/mol. The van der Waals surface area contributed by atoms with Crippen LogP contribution in [0.5, 0.6) is 0 Å². The fourth-order valence-corrected chi connectivity index (χ4v) is 2.61. The molecule has 0 aromatic carbocycles. The first-order chi connectivity index (χ1) is 10.4. The summed E-state index contributed by atoms with van der Waals surface area (Å²) in [6.45, 7) is 2.91. The monoisotopic (exact) mass is 304 g/mol. The first kappa shape index (κ1) is 14.2. The van der Waals surface area contributed by atoms with Crippen molar-refractivity contribution in [2.75, 3.05) is 13.1 Å². The van der Waals surface area contributed by atoms with E-state index in [1.807, 2.05) is 0 Å². The lowest BCUT2D eigenvalue weighted by Gasteiger charge is -2.16. The minimum absolute atomic E-state index is 0.0171. The number of amidine groups is 1. The Labute approximate surface area is 125 Å². The molecule has 1 aliphatic heterocycles. The third-order valence-electron chi connectivity index (χ3n) is 3.88. The first-order valence-corrected chi connectivity index (χ1v) is 6.84. The van der Waals surface area contributed by atoms with Crippen LogP contribution < -0.4 is 11.2 Å². The molecule has 9 heteroatoms. The van der Waals surface area contributed by atoms with Gasteiger partial charge >= 0.3 is 5.69 Å². The Kier molecular flexibility index (Phi) is 3.19. The molecule has 0 saturated carbocycles. The fraction of sp³-hybridized carbons (Fsp3) is 0.462. The molecule has 0 unspecified atom stereocenters. The molecule has 1 amide bonds. The molecule has 0 bridgehead atoms. The van der Waals surface area contributed by atoms with Gasteiger partial charge in [-0.25, -0.2) is 9.78 Å². The molecule has 0 aliphatic carbocycles. The summed E-state index contributed by atoms with van der Waals surface area (Å²) in [5.41, 5.74) is -0.397. The normalized spacial score (nSPS) is 14.7. The average molecular weight is 304 g/mol. The van der Waals surface area contributed by atoms with Crippen molar-refractivity contribution in [2.24, 2.45) is 19.1 Å². The lowest BCUT2D eigenvalue weighted by atomic mass is 10.4. The zero-order chi connectivity index (χ0) is 16.0. The van der Waals surface area contributed by atoms with Crippen molar-refractivity contribution < 1.29 is 4.79 Å². The van der Waals surface area contributed by atoms with Gasteiger partial charge in [0.1, 0.15) is 12.4 Å². The molecule has 1 aliphatic rings. The van der Waals surface area contributed by atoms with E-state index in [2.05, 4.69) is 9.98 Å². The SMILES string of the molecule is CC1=NCCN1C(=O)Cn1cnc2c1c(=O)n(C)c(=O)n2C. The van der Waals surface area contributed by atoms with Gasteiger partial charge in [0.25, 0.3) is 5.56 Å². The molecule has 0 fully saturated rings. The summed E-state index contributed by atoms with van der Waals surface area (Å²) in [4.78, 5) is 46.3. The molecule has 3 rings (SSSR count). The smallest absolute Gasteiger partial charge is 0.315 e. The van der Waals surface area contributed by atoms with Crippen molar-refractivity contribution in [2.45, 2.75) is 13.5 Å². The van der Waals surface area contributed by atoms with Gasteiger partial charge in [-0.3, -0.25) is 28.6 Å². The standard InChI is InChI=1S/C13H16N6O3/c1-8-14-4-5-19(8)9(20)6-18-7-15-11-10(18)12(21)17(3)13(22)16(11)2/h7H,4-6H2,1-3H3. The van der Waals surface area contributed by atoms with Gasteiger partial charge in [-0.15, -0.1) is 0 Å². The largest absolute Gasteiger partial charge is 0.332 e. The van der Waals surface area contributed by atoms with Crippen molar-refractivity contribution in [3.8, 4) is 0 Å². The summed E-state index contributed by atoms with van der Waals surface area (Å²) in [5.74, 6) is 0.517. The molecule has 0 radical (unpaired) electrons. The van der Waals surface area contributed by atoms with E-state index in [9.17, 15) is 14.4 Å². The molecule has 2 aromatic heterocycles. The lowest BCUT2D eigenvalue weighted by Crippen LogP contribution is -2.39. The molecule has 9 nitrogen and oxygen atoms in total. The summed E-state index contributed by atoms with van der Waals surface area (Å²) in [6, 6.07) is 0. The van der Waals surface area contributed by atoms with E-state index < -0.39 is 11.2 Å². The number of imidazole rings is 1. The number of amides is 1. The van der Waals surface area contributed by atoms with Crippen LogP contribution in [0.15, 0.2) is 20.9 Å². The van der Waals surface area contributed by atoms with E-state index in [0.29, 0.717) is 18.9 Å². The van der Waals surface area contributed by atoms with Gasteiger partial charge in [0, 0.05) is 20.6 Å². The van der Waals surface area contributed by atoms with Gasteiger partial charge in [0.2, 0.25) is 5.91 Å². The van der Waals surface area contributed by atoms with Crippen molar-refractivity contribution in [1.82, 2.24) is 23.6 Å². The number of aliphatic imine (C=N–C) groups is 1. The van der Waals surface area contributed by atoms with E-state index in [1.54, 1.807) is 18.9 Å².